The Morgan fingerprint density at radius 2 is 0.814 bits per heavy atom. The maximum atomic E-state index is 2.47. The van der Waals surface area contributed by atoms with Crippen molar-refractivity contribution < 1.29 is 0 Å². The standard InChI is InChI=1S/C56H44N2Si/c1-41-37-42(2)39-43(38-41)51-27-15-17-29-54(51)58-55-30-18-16-28-52(55)53-36-33-46(40-56(53)58)57(44-19-7-3-8-20-44)45-31-34-50(35-32-45)59(47-21-9-4-10-22-47,48-23-11-5-12-24-48)49-25-13-6-14-26-49/h3-40H,1-2H3. The second-order valence-corrected chi connectivity index (χ2v) is 19.3. The van der Waals surface area contributed by atoms with E-state index in [9.17, 15) is 0 Å². The highest BCUT2D eigenvalue weighted by molar-refractivity contribution is 7.19. The monoisotopic (exact) mass is 772 g/mol. The maximum absolute atomic E-state index is 2.68. The van der Waals surface area contributed by atoms with Crippen LogP contribution in [-0.4, -0.2) is 12.6 Å². The Hall–Kier alpha value is -7.20. The number of anilines is 3. The lowest BCUT2D eigenvalue weighted by atomic mass is 9.99. The van der Waals surface area contributed by atoms with Crippen LogP contribution in [0, 0.1) is 13.8 Å². The molecule has 3 heteroatoms. The summed E-state index contributed by atoms with van der Waals surface area (Å²) in [6, 6.07) is 85.1. The quantitative estimate of drug-likeness (QED) is 0.105. The molecule has 0 aliphatic carbocycles. The van der Waals surface area contributed by atoms with Gasteiger partial charge in [0.05, 0.1) is 16.7 Å². The van der Waals surface area contributed by atoms with Crippen LogP contribution in [0.5, 0.6) is 0 Å². The highest BCUT2D eigenvalue weighted by atomic mass is 28.3. The smallest absolute Gasteiger partial charge is 0.179 e. The first-order valence-corrected chi connectivity index (χ1v) is 22.4. The highest BCUT2D eigenvalue weighted by Crippen LogP contribution is 2.41. The van der Waals surface area contributed by atoms with E-state index in [0.717, 1.165) is 17.1 Å². The molecule has 0 saturated carbocycles. The Labute approximate surface area is 347 Å². The van der Waals surface area contributed by atoms with E-state index in [2.05, 4.69) is 254 Å². The molecule has 9 aromatic carbocycles. The van der Waals surface area contributed by atoms with E-state index in [1.165, 1.54) is 70.5 Å². The van der Waals surface area contributed by atoms with Crippen molar-refractivity contribution in [1.29, 1.82) is 0 Å². The van der Waals surface area contributed by atoms with Crippen LogP contribution in [0.4, 0.5) is 17.1 Å². The van der Waals surface area contributed by atoms with Gasteiger partial charge < -0.3 is 9.47 Å². The number of nitrogens with zero attached hydrogens (tertiary/aromatic N) is 2. The molecule has 10 aromatic rings. The van der Waals surface area contributed by atoms with Crippen LogP contribution in [0.25, 0.3) is 38.6 Å². The summed E-state index contributed by atoms with van der Waals surface area (Å²) in [7, 11) is -2.68. The summed E-state index contributed by atoms with van der Waals surface area (Å²) in [5.74, 6) is 0. The Morgan fingerprint density at radius 3 is 1.42 bits per heavy atom. The van der Waals surface area contributed by atoms with Gasteiger partial charge in [-0.1, -0.05) is 193 Å². The fourth-order valence-electron chi connectivity index (χ4n) is 9.35. The van der Waals surface area contributed by atoms with Gasteiger partial charge in [-0.3, -0.25) is 0 Å². The number of hydrogen-bond donors (Lipinski definition) is 0. The van der Waals surface area contributed by atoms with Crippen LogP contribution in [0.1, 0.15) is 11.1 Å². The summed E-state index contributed by atoms with van der Waals surface area (Å²) in [5.41, 5.74) is 11.8. The van der Waals surface area contributed by atoms with Crippen LogP contribution in [-0.2, 0) is 0 Å². The van der Waals surface area contributed by atoms with Gasteiger partial charge in [-0.2, -0.15) is 0 Å². The summed E-state index contributed by atoms with van der Waals surface area (Å²) in [5, 5.41) is 7.91. The molecular formula is C56H44N2Si. The Balaban J connectivity index is 1.17. The number of benzene rings is 9. The lowest BCUT2D eigenvalue weighted by Gasteiger charge is -2.35. The Kier molecular flexibility index (Phi) is 9.36. The molecule has 2 nitrogen and oxygen atoms in total. The van der Waals surface area contributed by atoms with E-state index >= 15 is 0 Å². The third-order valence-electron chi connectivity index (χ3n) is 11.8. The first kappa shape index (κ1) is 36.2. The number of hydrogen-bond acceptors (Lipinski definition) is 1. The van der Waals surface area contributed by atoms with Crippen molar-refractivity contribution in [3.63, 3.8) is 0 Å². The van der Waals surface area contributed by atoms with E-state index in [0.29, 0.717) is 0 Å². The first-order valence-electron chi connectivity index (χ1n) is 20.4. The first-order chi connectivity index (χ1) is 29.1. The predicted octanol–water partition coefficient (Wildman–Crippen LogP) is 11.9. The lowest BCUT2D eigenvalue weighted by Crippen LogP contribution is -2.74. The van der Waals surface area contributed by atoms with Crippen molar-refractivity contribution in [3.05, 3.63) is 242 Å². The molecule has 0 saturated heterocycles. The molecule has 1 heterocycles. The Bertz CT molecular complexity index is 2930. The summed E-state index contributed by atoms with van der Waals surface area (Å²) < 4.78 is 2.47. The molecule has 59 heavy (non-hydrogen) atoms. The SMILES string of the molecule is Cc1cc(C)cc(-c2ccccc2-n2c3ccccc3c3ccc(N(c4ccccc4)c4ccc([Si](c5ccccc5)(c5ccccc5)c5ccccc5)cc4)cc32)c1. The summed E-state index contributed by atoms with van der Waals surface area (Å²) >= 11 is 0. The van der Waals surface area contributed by atoms with Gasteiger partial charge in [-0.25, -0.2) is 0 Å². The van der Waals surface area contributed by atoms with E-state index in [-0.39, 0.29) is 0 Å². The van der Waals surface area contributed by atoms with Crippen molar-refractivity contribution in [2.75, 3.05) is 4.90 Å². The number of aryl methyl sites for hydroxylation is 2. The van der Waals surface area contributed by atoms with Crippen molar-refractivity contribution in [1.82, 2.24) is 4.57 Å². The van der Waals surface area contributed by atoms with E-state index in [4.69, 9.17) is 0 Å². The van der Waals surface area contributed by atoms with E-state index in [1.54, 1.807) is 0 Å². The zero-order valence-electron chi connectivity index (χ0n) is 33.3. The molecule has 0 aliphatic rings. The van der Waals surface area contributed by atoms with Crippen LogP contribution >= 0.6 is 0 Å². The van der Waals surface area contributed by atoms with E-state index < -0.39 is 8.07 Å². The number of fused-ring (bicyclic) bond motifs is 3. The van der Waals surface area contributed by atoms with Gasteiger partial charge in [-0.15, -0.1) is 0 Å². The Morgan fingerprint density at radius 1 is 0.356 bits per heavy atom. The minimum Gasteiger partial charge on any atom is -0.310 e. The molecule has 10 rings (SSSR count). The predicted molar refractivity (Wildman–Crippen MR) is 254 cm³/mol. The summed E-state index contributed by atoms with van der Waals surface area (Å²) in [6.45, 7) is 4.37. The van der Waals surface area contributed by atoms with Gasteiger partial charge in [0.15, 0.2) is 8.07 Å². The lowest BCUT2D eigenvalue weighted by molar-refractivity contribution is 1.18. The van der Waals surface area contributed by atoms with Gasteiger partial charge in [0.1, 0.15) is 0 Å². The second kappa shape index (κ2) is 15.3. The van der Waals surface area contributed by atoms with Gasteiger partial charge in [-0.05, 0) is 88.7 Å². The van der Waals surface area contributed by atoms with E-state index in [1.807, 2.05) is 0 Å². The van der Waals surface area contributed by atoms with Crippen LogP contribution in [0.3, 0.4) is 0 Å². The van der Waals surface area contributed by atoms with Gasteiger partial charge in [0.2, 0.25) is 0 Å². The largest absolute Gasteiger partial charge is 0.310 e. The third-order valence-corrected chi connectivity index (χ3v) is 16.6. The fourth-order valence-corrected chi connectivity index (χ4v) is 14.1. The molecule has 0 amide bonds. The molecule has 0 N–H and O–H groups in total. The third kappa shape index (κ3) is 6.37. The second-order valence-electron chi connectivity index (χ2n) is 15.5. The zero-order chi connectivity index (χ0) is 39.8. The van der Waals surface area contributed by atoms with Gasteiger partial charge >= 0.3 is 0 Å². The highest BCUT2D eigenvalue weighted by Gasteiger charge is 2.41. The molecule has 0 atom stereocenters. The van der Waals surface area contributed by atoms with Crippen LogP contribution in [0.2, 0.25) is 0 Å². The molecule has 0 fully saturated rings. The normalized spacial score (nSPS) is 11.6. The molecule has 1 aromatic heterocycles. The van der Waals surface area contributed by atoms with Gasteiger partial charge in [0.25, 0.3) is 0 Å². The number of rotatable bonds is 9. The molecular weight excluding hydrogens is 729 g/mol. The molecule has 0 radical (unpaired) electrons. The van der Waals surface area contributed by atoms with Crippen LogP contribution < -0.4 is 25.6 Å². The zero-order valence-corrected chi connectivity index (χ0v) is 34.3. The summed E-state index contributed by atoms with van der Waals surface area (Å²) in [6.07, 6.45) is 0. The summed E-state index contributed by atoms with van der Waals surface area (Å²) in [4.78, 5) is 2.40. The van der Waals surface area contributed by atoms with Crippen molar-refractivity contribution in [3.8, 4) is 16.8 Å². The minimum atomic E-state index is -2.68. The average Bonchev–Trinajstić information content (AvgIpc) is 3.62. The molecule has 282 valence electrons. The molecule has 0 aliphatic heterocycles. The van der Waals surface area contributed by atoms with Crippen molar-refractivity contribution in [2.45, 2.75) is 13.8 Å². The van der Waals surface area contributed by atoms with Gasteiger partial charge in [0, 0.05) is 33.4 Å². The average molecular weight is 773 g/mol. The maximum Gasteiger partial charge on any atom is 0.179 e. The number of para-hydroxylation sites is 3. The molecule has 0 spiro atoms. The van der Waals surface area contributed by atoms with Crippen molar-refractivity contribution in [2.24, 2.45) is 0 Å². The minimum absolute atomic E-state index is 1.10. The topological polar surface area (TPSA) is 8.17 Å². The molecule has 0 unspecified atom stereocenters. The van der Waals surface area contributed by atoms with Crippen molar-refractivity contribution >= 4 is 67.7 Å². The number of aromatic nitrogens is 1. The van der Waals surface area contributed by atoms with Crippen LogP contribution in [0.15, 0.2) is 231 Å². The fraction of sp³-hybridized carbons (Fsp3) is 0.0357. The molecule has 0 bridgehead atoms.